The first-order valence-electron chi connectivity index (χ1n) is 4.92. The number of hydrogen-bond acceptors (Lipinski definition) is 2. The molecule has 0 amide bonds. The van der Waals surface area contributed by atoms with Gasteiger partial charge in [0.2, 0.25) is 0 Å². The van der Waals surface area contributed by atoms with Gasteiger partial charge in [0.05, 0.1) is 9.77 Å². The third-order valence-corrected chi connectivity index (χ3v) is 3.44. The fourth-order valence-electron chi connectivity index (χ4n) is 1.64. The first-order valence-corrected chi connectivity index (χ1v) is 6.00. The lowest BCUT2D eigenvalue weighted by Gasteiger charge is -2.32. The second-order valence-corrected chi connectivity index (χ2v) is 4.96. The van der Waals surface area contributed by atoms with E-state index in [0.29, 0.717) is 9.39 Å². The molecule has 0 spiro atoms. The Morgan fingerprint density at radius 1 is 1.31 bits per heavy atom. The van der Waals surface area contributed by atoms with Gasteiger partial charge in [0.1, 0.15) is 5.82 Å². The molecule has 2 rings (SSSR count). The van der Waals surface area contributed by atoms with Crippen molar-refractivity contribution in [1.82, 2.24) is 4.98 Å². The van der Waals surface area contributed by atoms with Gasteiger partial charge in [-0.1, -0.05) is 0 Å². The molecule has 1 fully saturated rings. The minimum Gasteiger partial charge on any atom is -0.356 e. The maximum atomic E-state index is 13.0. The lowest BCUT2D eigenvalue weighted by atomic mass is 10.1. The molecule has 1 aliphatic rings. The van der Waals surface area contributed by atoms with Gasteiger partial charge in [-0.3, -0.25) is 0 Å². The van der Waals surface area contributed by atoms with Crippen LogP contribution in [-0.4, -0.2) is 24.0 Å². The summed E-state index contributed by atoms with van der Waals surface area (Å²) < 4.78 is 39.3. The summed E-state index contributed by atoms with van der Waals surface area (Å²) >= 11 is 1.86. The summed E-state index contributed by atoms with van der Waals surface area (Å²) in [5, 5.41) is 0. The molecule has 88 valence electrons. The van der Waals surface area contributed by atoms with E-state index in [-0.39, 0.29) is 31.7 Å². The van der Waals surface area contributed by atoms with Gasteiger partial charge in [-0.25, -0.2) is 18.2 Å². The van der Waals surface area contributed by atoms with E-state index in [9.17, 15) is 13.2 Å². The molecule has 1 aliphatic heterocycles. The monoisotopic (exact) mass is 342 g/mol. The second-order valence-electron chi connectivity index (χ2n) is 3.80. The van der Waals surface area contributed by atoms with Crippen molar-refractivity contribution in [1.29, 1.82) is 0 Å². The summed E-state index contributed by atoms with van der Waals surface area (Å²) in [5.41, 5.74) is 0. The van der Waals surface area contributed by atoms with Gasteiger partial charge in [-0.2, -0.15) is 0 Å². The topological polar surface area (TPSA) is 16.1 Å². The average Bonchev–Trinajstić information content (AvgIpc) is 2.22. The van der Waals surface area contributed by atoms with Gasteiger partial charge in [-0.15, -0.1) is 0 Å². The molecule has 6 heteroatoms. The molecule has 0 unspecified atom stereocenters. The number of anilines is 1. The minimum atomic E-state index is -2.57. The van der Waals surface area contributed by atoms with Crippen LogP contribution in [0.1, 0.15) is 12.8 Å². The smallest absolute Gasteiger partial charge is 0.251 e. The van der Waals surface area contributed by atoms with E-state index in [1.807, 2.05) is 22.6 Å². The van der Waals surface area contributed by atoms with Crippen molar-refractivity contribution < 1.29 is 13.2 Å². The Morgan fingerprint density at radius 2 is 1.94 bits per heavy atom. The fraction of sp³-hybridized carbons (Fsp3) is 0.500. The quantitative estimate of drug-likeness (QED) is 0.730. The number of aromatic nitrogens is 1. The molecular weight excluding hydrogens is 332 g/mol. The fourth-order valence-corrected chi connectivity index (χ4v) is 2.06. The van der Waals surface area contributed by atoms with E-state index in [1.165, 1.54) is 0 Å². The summed E-state index contributed by atoms with van der Waals surface area (Å²) in [4.78, 5) is 5.67. The summed E-state index contributed by atoms with van der Waals surface area (Å²) in [7, 11) is 0. The Morgan fingerprint density at radius 3 is 2.50 bits per heavy atom. The molecule has 0 aliphatic carbocycles. The van der Waals surface area contributed by atoms with Crippen LogP contribution in [0, 0.1) is 9.39 Å². The zero-order valence-corrected chi connectivity index (χ0v) is 10.5. The molecule has 1 aromatic heterocycles. The molecule has 1 aromatic rings. The SMILES string of the molecule is Fc1cnc(N2CCC(F)(F)CC2)cc1I. The number of halogens is 4. The molecule has 16 heavy (non-hydrogen) atoms. The molecule has 0 bridgehead atoms. The Labute approximate surface area is 105 Å². The van der Waals surface area contributed by atoms with Crippen LogP contribution in [0.25, 0.3) is 0 Å². The highest BCUT2D eigenvalue weighted by Crippen LogP contribution is 2.30. The van der Waals surface area contributed by atoms with Crippen LogP contribution in [0.4, 0.5) is 19.0 Å². The highest BCUT2D eigenvalue weighted by Gasteiger charge is 2.34. The number of piperidine rings is 1. The zero-order valence-electron chi connectivity index (χ0n) is 8.39. The molecule has 0 atom stereocenters. The van der Waals surface area contributed by atoms with E-state index in [2.05, 4.69) is 4.98 Å². The minimum absolute atomic E-state index is 0.164. The predicted octanol–water partition coefficient (Wildman–Crippen LogP) is 3.06. The number of alkyl halides is 2. The van der Waals surface area contributed by atoms with Crippen molar-refractivity contribution in [2.75, 3.05) is 18.0 Å². The molecule has 2 nitrogen and oxygen atoms in total. The van der Waals surface area contributed by atoms with Gasteiger partial charge in [-0.05, 0) is 28.7 Å². The lowest BCUT2D eigenvalue weighted by Crippen LogP contribution is -2.39. The van der Waals surface area contributed by atoms with E-state index in [4.69, 9.17) is 0 Å². The maximum Gasteiger partial charge on any atom is 0.251 e. The van der Waals surface area contributed by atoms with Crippen molar-refractivity contribution in [2.45, 2.75) is 18.8 Å². The third kappa shape index (κ3) is 2.58. The normalized spacial score (nSPS) is 19.9. The van der Waals surface area contributed by atoms with Crippen LogP contribution in [-0.2, 0) is 0 Å². The first kappa shape index (κ1) is 11.9. The lowest BCUT2D eigenvalue weighted by molar-refractivity contribution is -0.0221. The van der Waals surface area contributed by atoms with Gasteiger partial charge >= 0.3 is 0 Å². The average molecular weight is 342 g/mol. The summed E-state index contributed by atoms with van der Waals surface area (Å²) in [6, 6.07) is 1.58. The first-order chi connectivity index (χ1) is 7.48. The second kappa shape index (κ2) is 4.38. The van der Waals surface area contributed by atoms with Gasteiger partial charge < -0.3 is 4.90 Å². The highest BCUT2D eigenvalue weighted by atomic mass is 127. The van der Waals surface area contributed by atoms with Crippen molar-refractivity contribution in [3.63, 3.8) is 0 Å². The highest BCUT2D eigenvalue weighted by molar-refractivity contribution is 14.1. The third-order valence-electron chi connectivity index (χ3n) is 2.61. The summed E-state index contributed by atoms with van der Waals surface area (Å²) in [6.45, 7) is 0.531. The largest absolute Gasteiger partial charge is 0.356 e. The van der Waals surface area contributed by atoms with Gasteiger partial charge in [0, 0.05) is 25.9 Å². The Balaban J connectivity index is 2.11. The molecule has 0 N–H and O–H groups in total. The Kier molecular flexibility index (Phi) is 3.27. The van der Waals surface area contributed by atoms with Crippen LogP contribution in [0.2, 0.25) is 0 Å². The van der Waals surface area contributed by atoms with Crippen LogP contribution in [0.15, 0.2) is 12.3 Å². The Bertz CT molecular complexity index is 388. The van der Waals surface area contributed by atoms with Crippen LogP contribution in [0.5, 0.6) is 0 Å². The molecule has 2 heterocycles. The van der Waals surface area contributed by atoms with Crippen molar-refractivity contribution >= 4 is 28.4 Å². The number of rotatable bonds is 1. The molecule has 0 saturated carbocycles. The van der Waals surface area contributed by atoms with Crippen LogP contribution < -0.4 is 4.90 Å². The van der Waals surface area contributed by atoms with E-state index in [1.54, 1.807) is 11.0 Å². The van der Waals surface area contributed by atoms with Gasteiger partial charge in [0.25, 0.3) is 5.92 Å². The van der Waals surface area contributed by atoms with E-state index < -0.39 is 5.92 Å². The Hall–Kier alpha value is -0.530. The van der Waals surface area contributed by atoms with E-state index in [0.717, 1.165) is 6.20 Å². The van der Waals surface area contributed by atoms with Crippen LogP contribution >= 0.6 is 22.6 Å². The predicted molar refractivity (Wildman–Crippen MR) is 63.3 cm³/mol. The maximum absolute atomic E-state index is 13.0. The number of hydrogen-bond donors (Lipinski definition) is 0. The van der Waals surface area contributed by atoms with Crippen LogP contribution in [0.3, 0.4) is 0 Å². The standard InChI is InChI=1S/C10H10F3IN2/c11-7-6-15-9(5-8(7)14)16-3-1-10(12,13)2-4-16/h5-6H,1-4H2. The van der Waals surface area contributed by atoms with Crippen molar-refractivity contribution in [3.05, 3.63) is 21.7 Å². The van der Waals surface area contributed by atoms with Crippen molar-refractivity contribution in [3.8, 4) is 0 Å². The molecule has 0 radical (unpaired) electrons. The summed E-state index contributed by atoms with van der Waals surface area (Å²) in [5.74, 6) is -2.38. The molecular formula is C10H10F3IN2. The van der Waals surface area contributed by atoms with Gasteiger partial charge in [0.15, 0.2) is 5.82 Å². The summed E-state index contributed by atoms with van der Waals surface area (Å²) in [6.07, 6.45) is 0.801. The van der Waals surface area contributed by atoms with Crippen molar-refractivity contribution in [2.24, 2.45) is 0 Å². The molecule has 0 aromatic carbocycles. The zero-order chi connectivity index (χ0) is 11.8. The number of pyridine rings is 1. The number of nitrogens with zero attached hydrogens (tertiary/aromatic N) is 2. The molecule has 1 saturated heterocycles. The van der Waals surface area contributed by atoms with E-state index >= 15 is 0 Å².